The van der Waals surface area contributed by atoms with Crippen molar-refractivity contribution in [1.29, 1.82) is 0 Å². The van der Waals surface area contributed by atoms with Crippen molar-refractivity contribution in [2.45, 2.75) is 19.9 Å². The number of nitrogens with zero attached hydrogens (tertiary/aromatic N) is 2. The van der Waals surface area contributed by atoms with E-state index in [1.54, 1.807) is 4.68 Å². The van der Waals surface area contributed by atoms with Crippen molar-refractivity contribution in [1.82, 2.24) is 9.78 Å². The topological polar surface area (TPSA) is 53.1 Å². The molecule has 0 radical (unpaired) electrons. The second kappa shape index (κ2) is 5.12. The maximum absolute atomic E-state index is 5.84. The van der Waals surface area contributed by atoms with Crippen LogP contribution in [0.2, 0.25) is 0 Å². The number of aromatic nitrogens is 2. The van der Waals surface area contributed by atoms with Crippen LogP contribution in [0.15, 0.2) is 28.7 Å². The number of ether oxygens (including phenoxy) is 1. The highest BCUT2D eigenvalue weighted by molar-refractivity contribution is 9.10. The fraction of sp³-hybridized carbons (Fsp3) is 0.308. The molecule has 0 aliphatic rings. The lowest BCUT2D eigenvalue weighted by Crippen LogP contribution is -2.04. The summed E-state index contributed by atoms with van der Waals surface area (Å²) < 4.78 is 8.40. The highest BCUT2D eigenvalue weighted by Gasteiger charge is 2.09. The zero-order valence-corrected chi connectivity index (χ0v) is 12.2. The van der Waals surface area contributed by atoms with Crippen molar-refractivity contribution < 1.29 is 4.74 Å². The fourth-order valence-electron chi connectivity index (χ4n) is 1.68. The summed E-state index contributed by atoms with van der Waals surface area (Å²) in [6.45, 7) is 3.88. The first-order valence-electron chi connectivity index (χ1n) is 5.71. The monoisotopic (exact) mass is 309 g/mol. The molecule has 0 fully saturated rings. The highest BCUT2D eigenvalue weighted by atomic mass is 79.9. The minimum absolute atomic E-state index is 0.00861. The lowest BCUT2D eigenvalue weighted by Gasteiger charge is -2.10. The van der Waals surface area contributed by atoms with Gasteiger partial charge in [0.05, 0.1) is 10.2 Å². The SMILES string of the molecule is Cc1cc(Oc2ccc([C@@H](C)N)cc2Br)n(C)n1. The normalized spacial score (nSPS) is 12.5. The van der Waals surface area contributed by atoms with E-state index in [1.165, 1.54) is 0 Å². The first-order valence-corrected chi connectivity index (χ1v) is 6.50. The van der Waals surface area contributed by atoms with Crippen molar-refractivity contribution >= 4 is 15.9 Å². The summed E-state index contributed by atoms with van der Waals surface area (Å²) in [5.74, 6) is 1.46. The van der Waals surface area contributed by atoms with E-state index in [9.17, 15) is 0 Å². The van der Waals surface area contributed by atoms with Gasteiger partial charge in [-0.15, -0.1) is 0 Å². The molecule has 1 aromatic heterocycles. The molecule has 18 heavy (non-hydrogen) atoms. The van der Waals surface area contributed by atoms with E-state index in [1.807, 2.05) is 45.2 Å². The van der Waals surface area contributed by atoms with Gasteiger partial charge >= 0.3 is 0 Å². The van der Waals surface area contributed by atoms with Gasteiger partial charge in [0, 0.05) is 19.2 Å². The first-order chi connectivity index (χ1) is 8.47. The van der Waals surface area contributed by atoms with Gasteiger partial charge in [0.1, 0.15) is 5.75 Å². The number of rotatable bonds is 3. The van der Waals surface area contributed by atoms with Crippen LogP contribution in [-0.4, -0.2) is 9.78 Å². The highest BCUT2D eigenvalue weighted by Crippen LogP contribution is 2.31. The summed E-state index contributed by atoms with van der Waals surface area (Å²) in [4.78, 5) is 0. The molecule has 2 rings (SSSR count). The molecule has 0 saturated heterocycles. The Balaban J connectivity index is 2.27. The summed E-state index contributed by atoms with van der Waals surface area (Å²) in [5.41, 5.74) is 7.83. The molecule has 1 heterocycles. The number of halogens is 1. The predicted octanol–water partition coefficient (Wildman–Crippen LogP) is 3.30. The van der Waals surface area contributed by atoms with Crippen molar-refractivity contribution in [3.63, 3.8) is 0 Å². The zero-order valence-electron chi connectivity index (χ0n) is 10.6. The van der Waals surface area contributed by atoms with Gasteiger partial charge in [-0.05, 0) is 47.5 Å². The van der Waals surface area contributed by atoms with Crippen LogP contribution in [0.5, 0.6) is 11.6 Å². The number of nitrogens with two attached hydrogens (primary N) is 1. The van der Waals surface area contributed by atoms with Crippen LogP contribution in [0.1, 0.15) is 24.2 Å². The predicted molar refractivity (Wildman–Crippen MR) is 74.8 cm³/mol. The third kappa shape index (κ3) is 2.73. The third-order valence-electron chi connectivity index (χ3n) is 2.66. The molecule has 0 bridgehead atoms. The van der Waals surface area contributed by atoms with Gasteiger partial charge in [0.2, 0.25) is 5.88 Å². The van der Waals surface area contributed by atoms with Gasteiger partial charge < -0.3 is 10.5 Å². The summed E-state index contributed by atoms with van der Waals surface area (Å²) in [7, 11) is 1.85. The maximum atomic E-state index is 5.84. The molecule has 1 aromatic carbocycles. The second-order valence-electron chi connectivity index (χ2n) is 4.33. The third-order valence-corrected chi connectivity index (χ3v) is 3.27. The van der Waals surface area contributed by atoms with Crippen LogP contribution in [0.4, 0.5) is 0 Å². The Morgan fingerprint density at radius 3 is 2.61 bits per heavy atom. The lowest BCUT2D eigenvalue weighted by atomic mass is 10.1. The van der Waals surface area contributed by atoms with Gasteiger partial charge in [0.15, 0.2) is 0 Å². The van der Waals surface area contributed by atoms with E-state index in [2.05, 4.69) is 21.0 Å². The standard InChI is InChI=1S/C13H16BrN3O/c1-8-6-13(17(3)16-8)18-12-5-4-10(9(2)15)7-11(12)14/h4-7,9H,15H2,1-3H3/t9-/m1/s1. The molecule has 0 aliphatic carbocycles. The summed E-state index contributed by atoms with van der Waals surface area (Å²) in [5, 5.41) is 4.24. The van der Waals surface area contributed by atoms with E-state index in [0.717, 1.165) is 21.5 Å². The summed E-state index contributed by atoms with van der Waals surface area (Å²) in [6, 6.07) is 7.75. The quantitative estimate of drug-likeness (QED) is 0.946. The van der Waals surface area contributed by atoms with Crippen LogP contribution in [0.3, 0.4) is 0 Å². The van der Waals surface area contributed by atoms with Crippen molar-refractivity contribution in [3.05, 3.63) is 40.0 Å². The van der Waals surface area contributed by atoms with Gasteiger partial charge in [0.25, 0.3) is 0 Å². The van der Waals surface area contributed by atoms with Crippen molar-refractivity contribution in [2.24, 2.45) is 12.8 Å². The second-order valence-corrected chi connectivity index (χ2v) is 5.18. The molecule has 0 unspecified atom stereocenters. The van der Waals surface area contributed by atoms with Crippen molar-refractivity contribution in [3.8, 4) is 11.6 Å². The Morgan fingerprint density at radius 2 is 2.11 bits per heavy atom. The minimum Gasteiger partial charge on any atom is -0.438 e. The first kappa shape index (κ1) is 13.1. The zero-order chi connectivity index (χ0) is 13.3. The summed E-state index contributed by atoms with van der Waals surface area (Å²) in [6.07, 6.45) is 0. The summed E-state index contributed by atoms with van der Waals surface area (Å²) >= 11 is 3.49. The molecule has 0 saturated carbocycles. The molecule has 5 heteroatoms. The Hall–Kier alpha value is -1.33. The van der Waals surface area contributed by atoms with Crippen LogP contribution in [0.25, 0.3) is 0 Å². The molecular formula is C13H16BrN3O. The maximum Gasteiger partial charge on any atom is 0.217 e. The fourth-order valence-corrected chi connectivity index (χ4v) is 2.16. The van der Waals surface area contributed by atoms with Gasteiger partial charge in [-0.2, -0.15) is 5.10 Å². The van der Waals surface area contributed by atoms with Crippen LogP contribution < -0.4 is 10.5 Å². The number of aryl methyl sites for hydroxylation is 2. The molecule has 2 N–H and O–H groups in total. The molecule has 1 atom stereocenters. The van der Waals surface area contributed by atoms with E-state index in [-0.39, 0.29) is 6.04 Å². The molecule has 96 valence electrons. The number of hydrogen-bond donors (Lipinski definition) is 1. The smallest absolute Gasteiger partial charge is 0.217 e. The van der Waals surface area contributed by atoms with Gasteiger partial charge in [-0.3, -0.25) is 0 Å². The largest absolute Gasteiger partial charge is 0.438 e. The number of hydrogen-bond acceptors (Lipinski definition) is 3. The Bertz CT molecular complexity index is 563. The average molecular weight is 310 g/mol. The van der Waals surface area contributed by atoms with Gasteiger partial charge in [-0.1, -0.05) is 6.07 Å². The van der Waals surface area contributed by atoms with Crippen LogP contribution in [0, 0.1) is 6.92 Å². The molecule has 0 aliphatic heterocycles. The molecule has 0 amide bonds. The van der Waals surface area contributed by atoms with Crippen molar-refractivity contribution in [2.75, 3.05) is 0 Å². The van der Waals surface area contributed by atoms with E-state index >= 15 is 0 Å². The van der Waals surface area contributed by atoms with E-state index in [0.29, 0.717) is 5.88 Å². The molecule has 4 nitrogen and oxygen atoms in total. The van der Waals surface area contributed by atoms with Gasteiger partial charge in [-0.25, -0.2) is 4.68 Å². The van der Waals surface area contributed by atoms with Crippen LogP contribution in [-0.2, 0) is 7.05 Å². The van der Waals surface area contributed by atoms with E-state index in [4.69, 9.17) is 10.5 Å². The average Bonchev–Trinajstić information content (AvgIpc) is 2.60. The number of benzene rings is 1. The lowest BCUT2D eigenvalue weighted by molar-refractivity contribution is 0.428. The minimum atomic E-state index is 0.00861. The Morgan fingerprint density at radius 1 is 1.39 bits per heavy atom. The molecular weight excluding hydrogens is 294 g/mol. The molecule has 2 aromatic rings. The Kier molecular flexibility index (Phi) is 3.73. The van der Waals surface area contributed by atoms with Crippen LogP contribution >= 0.6 is 15.9 Å². The van der Waals surface area contributed by atoms with E-state index < -0.39 is 0 Å². The Labute approximate surface area is 115 Å². The molecule has 0 spiro atoms.